The third kappa shape index (κ3) is 3.31. The van der Waals surface area contributed by atoms with Gasteiger partial charge in [-0.2, -0.15) is 18.4 Å². The number of pyridine rings is 1. The monoisotopic (exact) mass is 292 g/mol. The summed E-state index contributed by atoms with van der Waals surface area (Å²) in [5, 5.41) is 8.78. The van der Waals surface area contributed by atoms with Gasteiger partial charge in [-0.15, -0.1) is 0 Å². The Morgan fingerprint density at radius 2 is 1.95 bits per heavy atom. The van der Waals surface area contributed by atoms with Gasteiger partial charge in [0.2, 0.25) is 0 Å². The number of aromatic nitrogens is 1. The van der Waals surface area contributed by atoms with Gasteiger partial charge in [-0.05, 0) is 36.2 Å². The zero-order chi connectivity index (χ0) is 15.6. The average Bonchev–Trinajstić information content (AvgIpc) is 2.42. The molecule has 3 nitrogen and oxygen atoms in total. The number of hydrogen-bond donors (Lipinski definition) is 0. The van der Waals surface area contributed by atoms with Gasteiger partial charge in [0.05, 0.1) is 23.7 Å². The van der Waals surface area contributed by atoms with Crippen LogP contribution in [-0.2, 0) is 12.7 Å². The summed E-state index contributed by atoms with van der Waals surface area (Å²) in [6.45, 7) is 1.77. The van der Waals surface area contributed by atoms with Crippen molar-refractivity contribution in [3.63, 3.8) is 0 Å². The van der Waals surface area contributed by atoms with Crippen LogP contribution in [0, 0.1) is 18.3 Å². The SMILES string of the molecule is Cc1cc(C#N)ccc1Cn1cc(C(F)(F)F)ccc1=O. The number of nitrogens with zero attached hydrogens (tertiary/aromatic N) is 2. The number of rotatable bonds is 2. The van der Waals surface area contributed by atoms with Crippen LogP contribution in [0.15, 0.2) is 41.3 Å². The minimum Gasteiger partial charge on any atom is -0.310 e. The van der Waals surface area contributed by atoms with Crippen molar-refractivity contribution >= 4 is 0 Å². The second-order valence-electron chi connectivity index (χ2n) is 4.63. The van der Waals surface area contributed by atoms with Crippen LogP contribution >= 0.6 is 0 Å². The highest BCUT2D eigenvalue weighted by molar-refractivity contribution is 5.37. The average molecular weight is 292 g/mol. The van der Waals surface area contributed by atoms with E-state index in [1.807, 2.05) is 6.07 Å². The summed E-state index contributed by atoms with van der Waals surface area (Å²) >= 11 is 0. The first-order valence-electron chi connectivity index (χ1n) is 6.08. The molecule has 1 heterocycles. The lowest BCUT2D eigenvalue weighted by Crippen LogP contribution is -2.22. The molecule has 108 valence electrons. The summed E-state index contributed by atoms with van der Waals surface area (Å²) in [4.78, 5) is 11.7. The molecular formula is C15H11F3N2O. The van der Waals surface area contributed by atoms with Gasteiger partial charge < -0.3 is 4.57 Å². The van der Waals surface area contributed by atoms with Gasteiger partial charge in [0.1, 0.15) is 0 Å². The quantitative estimate of drug-likeness (QED) is 0.854. The molecule has 6 heteroatoms. The third-order valence-corrected chi connectivity index (χ3v) is 3.12. The van der Waals surface area contributed by atoms with E-state index >= 15 is 0 Å². The van der Waals surface area contributed by atoms with E-state index < -0.39 is 17.3 Å². The molecule has 0 aliphatic rings. The Hall–Kier alpha value is -2.55. The van der Waals surface area contributed by atoms with Crippen LogP contribution in [0.2, 0.25) is 0 Å². The van der Waals surface area contributed by atoms with E-state index in [0.29, 0.717) is 11.1 Å². The van der Waals surface area contributed by atoms with E-state index in [1.165, 1.54) is 0 Å². The molecule has 0 N–H and O–H groups in total. The molecule has 1 aromatic carbocycles. The van der Waals surface area contributed by atoms with Gasteiger partial charge >= 0.3 is 6.18 Å². The molecule has 0 aliphatic carbocycles. The topological polar surface area (TPSA) is 45.8 Å². The van der Waals surface area contributed by atoms with Crippen molar-refractivity contribution in [3.8, 4) is 6.07 Å². The van der Waals surface area contributed by atoms with Crippen molar-refractivity contribution in [3.05, 3.63) is 69.1 Å². The van der Waals surface area contributed by atoms with E-state index in [2.05, 4.69) is 0 Å². The summed E-state index contributed by atoms with van der Waals surface area (Å²) in [7, 11) is 0. The van der Waals surface area contributed by atoms with E-state index in [4.69, 9.17) is 5.26 Å². The fraction of sp³-hybridized carbons (Fsp3) is 0.200. The molecule has 2 aromatic rings. The minimum atomic E-state index is -4.49. The highest BCUT2D eigenvalue weighted by Crippen LogP contribution is 2.28. The zero-order valence-electron chi connectivity index (χ0n) is 11.1. The Morgan fingerprint density at radius 3 is 2.52 bits per heavy atom. The first-order valence-corrected chi connectivity index (χ1v) is 6.08. The van der Waals surface area contributed by atoms with Gasteiger partial charge in [0.25, 0.3) is 5.56 Å². The van der Waals surface area contributed by atoms with Gasteiger partial charge in [-0.25, -0.2) is 0 Å². The molecule has 0 saturated heterocycles. The van der Waals surface area contributed by atoms with Gasteiger partial charge in [-0.1, -0.05) is 6.07 Å². The van der Waals surface area contributed by atoms with E-state index in [1.54, 1.807) is 25.1 Å². The first kappa shape index (κ1) is 14.9. The molecule has 1 aromatic heterocycles. The van der Waals surface area contributed by atoms with Crippen molar-refractivity contribution in [2.24, 2.45) is 0 Å². The number of benzene rings is 1. The maximum Gasteiger partial charge on any atom is 0.417 e. The van der Waals surface area contributed by atoms with Crippen molar-refractivity contribution in [2.75, 3.05) is 0 Å². The summed E-state index contributed by atoms with van der Waals surface area (Å²) < 4.78 is 39.0. The number of nitriles is 1. The van der Waals surface area contributed by atoms with Crippen LogP contribution in [0.4, 0.5) is 13.2 Å². The van der Waals surface area contributed by atoms with Crippen molar-refractivity contribution < 1.29 is 13.2 Å². The Labute approximate surface area is 118 Å². The van der Waals surface area contributed by atoms with E-state index in [-0.39, 0.29) is 6.54 Å². The zero-order valence-corrected chi connectivity index (χ0v) is 11.1. The minimum absolute atomic E-state index is 0.0281. The van der Waals surface area contributed by atoms with Crippen LogP contribution in [0.25, 0.3) is 0 Å². The molecule has 0 spiro atoms. The Bertz CT molecular complexity index is 770. The standard InChI is InChI=1S/C15H11F3N2O/c1-10-6-11(7-19)2-3-12(10)8-20-9-13(15(16,17)18)4-5-14(20)21/h2-6,9H,8H2,1H3. The highest BCUT2D eigenvalue weighted by atomic mass is 19.4. The normalized spacial score (nSPS) is 11.2. The maximum absolute atomic E-state index is 12.7. The molecule has 0 radical (unpaired) electrons. The molecule has 0 unspecified atom stereocenters. The molecule has 21 heavy (non-hydrogen) atoms. The molecule has 0 fully saturated rings. The van der Waals surface area contributed by atoms with Crippen LogP contribution in [0.5, 0.6) is 0 Å². The summed E-state index contributed by atoms with van der Waals surface area (Å²) in [5.74, 6) is 0. The predicted molar refractivity (Wildman–Crippen MR) is 70.7 cm³/mol. The molecule has 0 atom stereocenters. The maximum atomic E-state index is 12.7. The Morgan fingerprint density at radius 1 is 1.24 bits per heavy atom. The van der Waals surface area contributed by atoms with Gasteiger partial charge in [0.15, 0.2) is 0 Å². The molecule has 0 amide bonds. The number of alkyl halides is 3. The summed E-state index contributed by atoms with van der Waals surface area (Å²) in [6.07, 6.45) is -3.69. The first-order chi connectivity index (χ1) is 9.81. The smallest absolute Gasteiger partial charge is 0.310 e. The number of aryl methyl sites for hydroxylation is 1. The van der Waals surface area contributed by atoms with Gasteiger partial charge in [-0.3, -0.25) is 4.79 Å². The second-order valence-corrected chi connectivity index (χ2v) is 4.63. The Kier molecular flexibility index (Phi) is 3.85. The van der Waals surface area contributed by atoms with Gasteiger partial charge in [0, 0.05) is 12.3 Å². The molecule has 0 aliphatic heterocycles. The summed E-state index contributed by atoms with van der Waals surface area (Å²) in [5.41, 5.74) is 0.529. The van der Waals surface area contributed by atoms with Crippen molar-refractivity contribution in [1.29, 1.82) is 5.26 Å². The predicted octanol–water partition coefficient (Wildman–Crippen LogP) is 3.10. The lowest BCUT2D eigenvalue weighted by atomic mass is 10.1. The summed E-state index contributed by atoms with van der Waals surface area (Å²) in [6, 6.07) is 8.50. The molecular weight excluding hydrogens is 281 g/mol. The molecule has 2 rings (SSSR count). The lowest BCUT2D eigenvalue weighted by Gasteiger charge is -2.12. The van der Waals surface area contributed by atoms with Crippen LogP contribution in [0.3, 0.4) is 0 Å². The fourth-order valence-corrected chi connectivity index (χ4v) is 1.95. The van der Waals surface area contributed by atoms with E-state index in [0.717, 1.165) is 28.5 Å². The number of hydrogen-bond acceptors (Lipinski definition) is 2. The number of halogens is 3. The molecule has 0 saturated carbocycles. The van der Waals surface area contributed by atoms with Crippen LogP contribution < -0.4 is 5.56 Å². The third-order valence-electron chi connectivity index (χ3n) is 3.12. The molecule has 0 bridgehead atoms. The lowest BCUT2D eigenvalue weighted by molar-refractivity contribution is -0.138. The van der Waals surface area contributed by atoms with Crippen molar-refractivity contribution in [2.45, 2.75) is 19.6 Å². The Balaban J connectivity index is 2.40. The van der Waals surface area contributed by atoms with Crippen molar-refractivity contribution in [1.82, 2.24) is 4.57 Å². The van der Waals surface area contributed by atoms with E-state index in [9.17, 15) is 18.0 Å². The van der Waals surface area contributed by atoms with Crippen LogP contribution in [-0.4, -0.2) is 4.57 Å². The highest BCUT2D eigenvalue weighted by Gasteiger charge is 2.31. The fourth-order valence-electron chi connectivity index (χ4n) is 1.95. The second kappa shape index (κ2) is 5.44. The van der Waals surface area contributed by atoms with Crippen LogP contribution in [0.1, 0.15) is 22.3 Å². The largest absolute Gasteiger partial charge is 0.417 e.